The summed E-state index contributed by atoms with van der Waals surface area (Å²) in [5, 5.41) is 0. The van der Waals surface area contributed by atoms with Crippen molar-refractivity contribution >= 4 is 11.8 Å². The molecule has 0 amide bonds. The topological polar surface area (TPSA) is 83.3 Å². The van der Waals surface area contributed by atoms with Gasteiger partial charge < -0.3 is 14.0 Å². The number of hydrogen-bond donors (Lipinski definition) is 0. The van der Waals surface area contributed by atoms with Crippen molar-refractivity contribution in [1.82, 2.24) is 14.5 Å². The highest BCUT2D eigenvalue weighted by Gasteiger charge is 2.20. The Morgan fingerprint density at radius 2 is 1.92 bits per heavy atom. The van der Waals surface area contributed by atoms with E-state index in [9.17, 15) is 9.59 Å². The summed E-state index contributed by atoms with van der Waals surface area (Å²) in [4.78, 5) is 32.3. The number of aromatic nitrogens is 3. The molecule has 134 valence electrons. The second kappa shape index (κ2) is 8.02. The van der Waals surface area contributed by atoms with Crippen molar-refractivity contribution in [2.45, 2.75) is 33.7 Å². The molecule has 0 unspecified atom stereocenters. The van der Waals surface area contributed by atoms with Crippen LogP contribution in [0.25, 0.3) is 0 Å². The Morgan fingerprint density at radius 1 is 1.20 bits per heavy atom. The maximum absolute atomic E-state index is 12.4. The van der Waals surface area contributed by atoms with Gasteiger partial charge in [0.05, 0.1) is 24.5 Å². The number of carbonyl (C=O) groups excluding carboxylic acids is 2. The fourth-order valence-corrected chi connectivity index (χ4v) is 2.83. The third-order valence-corrected chi connectivity index (χ3v) is 3.96. The van der Waals surface area contributed by atoms with E-state index < -0.39 is 5.97 Å². The third-order valence-electron chi connectivity index (χ3n) is 3.96. The molecule has 2 aromatic heterocycles. The smallest absolute Gasteiger partial charge is 0.358 e. The molecule has 2 rings (SSSR count). The lowest BCUT2D eigenvalue weighted by molar-refractivity contribution is 0.0468. The zero-order valence-electron chi connectivity index (χ0n) is 15.2. The van der Waals surface area contributed by atoms with Gasteiger partial charge in [0.15, 0.2) is 12.3 Å². The van der Waals surface area contributed by atoms with Crippen molar-refractivity contribution in [2.24, 2.45) is 0 Å². The van der Waals surface area contributed by atoms with Crippen LogP contribution in [0.2, 0.25) is 0 Å². The average Bonchev–Trinajstić information content (AvgIpc) is 2.88. The molecular formula is C18H23N3O4. The molecule has 0 bridgehead atoms. The van der Waals surface area contributed by atoms with Gasteiger partial charge in [-0.15, -0.1) is 0 Å². The van der Waals surface area contributed by atoms with E-state index in [-0.39, 0.29) is 24.1 Å². The van der Waals surface area contributed by atoms with Crippen LogP contribution in [-0.4, -0.2) is 46.6 Å². The summed E-state index contributed by atoms with van der Waals surface area (Å²) >= 11 is 0. The predicted molar refractivity (Wildman–Crippen MR) is 91.9 cm³/mol. The van der Waals surface area contributed by atoms with Gasteiger partial charge in [-0.1, -0.05) is 0 Å². The Hall–Kier alpha value is -2.54. The van der Waals surface area contributed by atoms with E-state index in [0.29, 0.717) is 17.9 Å². The van der Waals surface area contributed by atoms with Gasteiger partial charge in [-0.25, -0.2) is 9.78 Å². The monoisotopic (exact) mass is 345 g/mol. The van der Waals surface area contributed by atoms with E-state index in [4.69, 9.17) is 9.47 Å². The highest BCUT2D eigenvalue weighted by molar-refractivity contribution is 6.00. The number of ketones is 1. The van der Waals surface area contributed by atoms with Crippen molar-refractivity contribution in [3.8, 4) is 0 Å². The number of methoxy groups -OCH3 is 1. The molecule has 0 aliphatic rings. The SMILES string of the molecule is COC[C@@H](C)n1c(C)cc(C(=O)COC(=O)c2cnc(C)cn2)c1C. The predicted octanol–water partition coefficient (Wildman–Crippen LogP) is 2.45. The molecule has 1 atom stereocenters. The van der Waals surface area contributed by atoms with E-state index in [0.717, 1.165) is 11.4 Å². The normalized spacial score (nSPS) is 12.0. The van der Waals surface area contributed by atoms with E-state index in [1.54, 1.807) is 14.0 Å². The number of Topliss-reactive ketones (excluding diaryl/α,β-unsaturated/α-hetero) is 1. The molecule has 0 fully saturated rings. The molecule has 0 aromatic carbocycles. The molecule has 0 aliphatic carbocycles. The molecule has 0 spiro atoms. The Labute approximate surface area is 147 Å². The van der Waals surface area contributed by atoms with Crippen LogP contribution >= 0.6 is 0 Å². The quantitative estimate of drug-likeness (QED) is 0.566. The average molecular weight is 345 g/mol. The highest BCUT2D eigenvalue weighted by atomic mass is 16.5. The molecular weight excluding hydrogens is 322 g/mol. The number of ether oxygens (including phenoxy) is 2. The van der Waals surface area contributed by atoms with Gasteiger partial charge in [0.1, 0.15) is 0 Å². The van der Waals surface area contributed by atoms with Gasteiger partial charge >= 0.3 is 5.97 Å². The standard InChI is InChI=1S/C18H23N3O4/c1-11-7-20-16(8-19-11)18(23)25-10-17(22)15-6-12(2)21(14(15)4)13(3)9-24-5/h6-8,13H,9-10H2,1-5H3/t13-/m1/s1. The van der Waals surface area contributed by atoms with Gasteiger partial charge in [-0.3, -0.25) is 9.78 Å². The first kappa shape index (κ1) is 18.8. The first-order chi connectivity index (χ1) is 11.8. The van der Waals surface area contributed by atoms with E-state index in [1.807, 2.05) is 31.4 Å². The van der Waals surface area contributed by atoms with Gasteiger partial charge in [-0.05, 0) is 33.8 Å². The van der Waals surface area contributed by atoms with Crippen LogP contribution in [0.1, 0.15) is 50.9 Å². The van der Waals surface area contributed by atoms with Crippen LogP contribution < -0.4 is 0 Å². The van der Waals surface area contributed by atoms with Crippen molar-refractivity contribution in [3.63, 3.8) is 0 Å². The molecule has 0 saturated heterocycles. The zero-order valence-corrected chi connectivity index (χ0v) is 15.2. The summed E-state index contributed by atoms with van der Waals surface area (Å²) in [6.07, 6.45) is 2.81. The van der Waals surface area contributed by atoms with Gasteiger partial charge in [0, 0.05) is 30.3 Å². The first-order valence-corrected chi connectivity index (χ1v) is 8.01. The Balaban J connectivity index is 2.07. The molecule has 2 heterocycles. The minimum atomic E-state index is -0.664. The molecule has 2 aromatic rings. The highest BCUT2D eigenvalue weighted by Crippen LogP contribution is 2.21. The second-order valence-electron chi connectivity index (χ2n) is 6.00. The summed E-state index contributed by atoms with van der Waals surface area (Å²) in [6.45, 7) is 7.81. The van der Waals surface area contributed by atoms with Gasteiger partial charge in [0.25, 0.3) is 0 Å². The summed E-state index contributed by atoms with van der Waals surface area (Å²) in [5.74, 6) is -0.917. The lowest BCUT2D eigenvalue weighted by Crippen LogP contribution is -2.17. The maximum Gasteiger partial charge on any atom is 0.358 e. The van der Waals surface area contributed by atoms with Crippen LogP contribution in [0, 0.1) is 20.8 Å². The fraction of sp³-hybridized carbons (Fsp3) is 0.444. The lowest BCUT2D eigenvalue weighted by atomic mass is 10.1. The summed E-state index contributed by atoms with van der Waals surface area (Å²) < 4.78 is 12.3. The largest absolute Gasteiger partial charge is 0.453 e. The van der Waals surface area contributed by atoms with Crippen LogP contribution in [0.5, 0.6) is 0 Å². The number of rotatable bonds is 7. The molecule has 7 heteroatoms. The van der Waals surface area contributed by atoms with Crippen LogP contribution in [-0.2, 0) is 9.47 Å². The number of esters is 1. The minimum absolute atomic E-state index is 0.0811. The third kappa shape index (κ3) is 4.30. The zero-order chi connectivity index (χ0) is 18.6. The maximum atomic E-state index is 12.4. The Kier molecular flexibility index (Phi) is 6.03. The number of hydrogen-bond acceptors (Lipinski definition) is 6. The Bertz CT molecular complexity index is 765. The van der Waals surface area contributed by atoms with E-state index in [1.165, 1.54) is 12.4 Å². The summed E-state index contributed by atoms with van der Waals surface area (Å²) in [7, 11) is 1.64. The van der Waals surface area contributed by atoms with Gasteiger partial charge in [-0.2, -0.15) is 0 Å². The van der Waals surface area contributed by atoms with Crippen LogP contribution in [0.15, 0.2) is 18.5 Å². The molecule has 0 saturated carbocycles. The van der Waals surface area contributed by atoms with Crippen molar-refractivity contribution in [1.29, 1.82) is 0 Å². The van der Waals surface area contributed by atoms with Crippen molar-refractivity contribution in [3.05, 3.63) is 46.8 Å². The lowest BCUT2D eigenvalue weighted by Gasteiger charge is -2.17. The first-order valence-electron chi connectivity index (χ1n) is 8.01. The van der Waals surface area contributed by atoms with Gasteiger partial charge in [0.2, 0.25) is 5.78 Å². The van der Waals surface area contributed by atoms with Crippen molar-refractivity contribution in [2.75, 3.05) is 20.3 Å². The summed E-state index contributed by atoms with van der Waals surface area (Å²) in [6, 6.07) is 1.92. The molecule has 7 nitrogen and oxygen atoms in total. The molecule has 25 heavy (non-hydrogen) atoms. The minimum Gasteiger partial charge on any atom is -0.453 e. The van der Waals surface area contributed by atoms with Crippen molar-refractivity contribution < 1.29 is 19.1 Å². The molecule has 0 radical (unpaired) electrons. The summed E-state index contributed by atoms with van der Waals surface area (Å²) in [5.41, 5.74) is 3.12. The number of aryl methyl sites for hydroxylation is 2. The number of nitrogens with zero attached hydrogens (tertiary/aromatic N) is 3. The van der Waals surface area contributed by atoms with E-state index >= 15 is 0 Å². The fourth-order valence-electron chi connectivity index (χ4n) is 2.83. The Morgan fingerprint density at radius 3 is 2.52 bits per heavy atom. The molecule has 0 aliphatic heterocycles. The number of carbonyl (C=O) groups is 2. The molecule has 0 N–H and O–H groups in total. The van der Waals surface area contributed by atoms with Crippen LogP contribution in [0.4, 0.5) is 0 Å². The second-order valence-corrected chi connectivity index (χ2v) is 6.00. The van der Waals surface area contributed by atoms with Crippen LogP contribution in [0.3, 0.4) is 0 Å². The van der Waals surface area contributed by atoms with E-state index in [2.05, 4.69) is 9.97 Å².